The standard InChI is InChI=1S/C7H8N.Zn/c1-8-7-5-3-2-4-6-7;/h3-6,8H,1H3;/q-1;. The first kappa shape index (κ1) is 8.64. The molecule has 0 unspecified atom stereocenters. The first-order valence-electron chi connectivity index (χ1n) is 2.57. The molecule has 0 heterocycles. The van der Waals surface area contributed by atoms with E-state index in [0.29, 0.717) is 0 Å². The van der Waals surface area contributed by atoms with Crippen LogP contribution in [0.1, 0.15) is 0 Å². The van der Waals surface area contributed by atoms with Crippen molar-refractivity contribution in [3.8, 4) is 0 Å². The van der Waals surface area contributed by atoms with Crippen molar-refractivity contribution in [2.45, 2.75) is 0 Å². The van der Waals surface area contributed by atoms with E-state index in [9.17, 15) is 0 Å². The van der Waals surface area contributed by atoms with E-state index in [2.05, 4.69) is 11.4 Å². The van der Waals surface area contributed by atoms with Crippen LogP contribution in [-0.2, 0) is 19.5 Å². The zero-order valence-electron chi connectivity index (χ0n) is 5.52. The molecule has 2 heteroatoms. The van der Waals surface area contributed by atoms with Gasteiger partial charge in [-0.2, -0.15) is 18.2 Å². The SMILES string of the molecule is CNc1cc[c-]cc1.[Zn]. The summed E-state index contributed by atoms with van der Waals surface area (Å²) in [5.41, 5.74) is 1.13. The number of benzene rings is 1. The molecular weight excluding hydrogens is 163 g/mol. The minimum absolute atomic E-state index is 0. The fourth-order valence-corrected chi connectivity index (χ4v) is 0.554. The Bertz CT molecular complexity index is 150. The van der Waals surface area contributed by atoms with Crippen molar-refractivity contribution in [2.75, 3.05) is 12.4 Å². The third-order valence-electron chi connectivity index (χ3n) is 1.01. The topological polar surface area (TPSA) is 12.0 Å². The van der Waals surface area contributed by atoms with Crippen LogP contribution >= 0.6 is 0 Å². The molecule has 0 fully saturated rings. The van der Waals surface area contributed by atoms with Crippen molar-refractivity contribution in [3.63, 3.8) is 0 Å². The minimum atomic E-state index is 0. The van der Waals surface area contributed by atoms with E-state index in [1.54, 1.807) is 0 Å². The molecule has 1 aromatic carbocycles. The molecule has 0 saturated carbocycles. The first-order valence-corrected chi connectivity index (χ1v) is 2.57. The molecule has 1 nitrogen and oxygen atoms in total. The molecule has 1 rings (SSSR count). The van der Waals surface area contributed by atoms with Crippen molar-refractivity contribution >= 4 is 5.69 Å². The number of rotatable bonds is 1. The van der Waals surface area contributed by atoms with Gasteiger partial charge in [-0.15, -0.1) is 12.1 Å². The van der Waals surface area contributed by atoms with Gasteiger partial charge in [-0.1, -0.05) is 5.69 Å². The van der Waals surface area contributed by atoms with Crippen LogP contribution in [0.2, 0.25) is 0 Å². The fourth-order valence-electron chi connectivity index (χ4n) is 0.554. The molecule has 0 bridgehead atoms. The maximum absolute atomic E-state index is 3.01. The fraction of sp³-hybridized carbons (Fsp3) is 0.143. The molecule has 0 aliphatic carbocycles. The number of nitrogens with one attached hydrogen (secondary N) is 1. The Balaban J connectivity index is 0.000000640. The van der Waals surface area contributed by atoms with Crippen LogP contribution < -0.4 is 5.32 Å². The van der Waals surface area contributed by atoms with Crippen LogP contribution in [0, 0.1) is 6.07 Å². The molecule has 44 valence electrons. The second kappa shape index (κ2) is 4.52. The van der Waals surface area contributed by atoms with Crippen LogP contribution in [0.25, 0.3) is 0 Å². The molecule has 0 radical (unpaired) electrons. The average Bonchev–Trinajstić information content (AvgIpc) is 1.90. The van der Waals surface area contributed by atoms with Gasteiger partial charge >= 0.3 is 0 Å². The van der Waals surface area contributed by atoms with Gasteiger partial charge in [-0.3, -0.25) is 0 Å². The number of hydrogen-bond acceptors (Lipinski definition) is 1. The second-order valence-electron chi connectivity index (χ2n) is 1.54. The molecule has 0 amide bonds. The predicted molar refractivity (Wildman–Crippen MR) is 34.8 cm³/mol. The van der Waals surface area contributed by atoms with E-state index >= 15 is 0 Å². The average molecular weight is 172 g/mol. The zero-order chi connectivity index (χ0) is 5.82. The molecule has 0 aromatic heterocycles. The summed E-state index contributed by atoms with van der Waals surface area (Å²) in [6.07, 6.45) is 0. The third-order valence-corrected chi connectivity index (χ3v) is 1.01. The normalized spacial score (nSPS) is 7.67. The molecule has 1 aromatic rings. The Kier molecular flexibility index (Phi) is 4.34. The smallest absolute Gasteiger partial charge is 0.00123 e. The van der Waals surface area contributed by atoms with Crippen LogP contribution in [0.3, 0.4) is 0 Å². The van der Waals surface area contributed by atoms with E-state index < -0.39 is 0 Å². The van der Waals surface area contributed by atoms with E-state index in [4.69, 9.17) is 0 Å². The quantitative estimate of drug-likeness (QED) is 0.499. The van der Waals surface area contributed by atoms with Crippen molar-refractivity contribution in [1.82, 2.24) is 0 Å². The molecule has 1 N–H and O–H groups in total. The van der Waals surface area contributed by atoms with Gasteiger partial charge in [-0.25, -0.2) is 0 Å². The molecule has 0 atom stereocenters. The summed E-state index contributed by atoms with van der Waals surface area (Å²) >= 11 is 0. The van der Waals surface area contributed by atoms with Crippen molar-refractivity contribution in [3.05, 3.63) is 30.3 Å². The van der Waals surface area contributed by atoms with E-state index in [0.717, 1.165) is 5.69 Å². The van der Waals surface area contributed by atoms with E-state index in [1.165, 1.54) is 0 Å². The summed E-state index contributed by atoms with van der Waals surface area (Å²) in [5.74, 6) is 0. The van der Waals surface area contributed by atoms with E-state index in [1.807, 2.05) is 31.3 Å². The Labute approximate surface area is 68.2 Å². The van der Waals surface area contributed by atoms with E-state index in [-0.39, 0.29) is 19.5 Å². The summed E-state index contributed by atoms with van der Waals surface area (Å²) < 4.78 is 0. The first-order chi connectivity index (χ1) is 3.93. The summed E-state index contributed by atoms with van der Waals surface area (Å²) in [6.45, 7) is 0. The monoisotopic (exact) mass is 170 g/mol. The number of anilines is 1. The molecule has 0 spiro atoms. The maximum atomic E-state index is 3.01. The van der Waals surface area contributed by atoms with Crippen molar-refractivity contribution in [2.24, 2.45) is 0 Å². The van der Waals surface area contributed by atoms with Gasteiger partial charge in [0.05, 0.1) is 0 Å². The molecule has 9 heavy (non-hydrogen) atoms. The van der Waals surface area contributed by atoms with Gasteiger partial charge in [0.2, 0.25) is 0 Å². The maximum Gasteiger partial charge on any atom is 0.00123 e. The van der Waals surface area contributed by atoms with Crippen LogP contribution in [0.15, 0.2) is 24.3 Å². The summed E-state index contributed by atoms with van der Waals surface area (Å²) in [6, 6.07) is 10.6. The van der Waals surface area contributed by atoms with Crippen LogP contribution in [-0.4, -0.2) is 7.05 Å². The number of hydrogen-bond donors (Lipinski definition) is 1. The van der Waals surface area contributed by atoms with Gasteiger partial charge in [0.15, 0.2) is 0 Å². The van der Waals surface area contributed by atoms with Gasteiger partial charge in [0, 0.05) is 26.5 Å². The van der Waals surface area contributed by atoms with Crippen molar-refractivity contribution < 1.29 is 19.5 Å². The minimum Gasteiger partial charge on any atom is -0.409 e. The zero-order valence-corrected chi connectivity index (χ0v) is 8.48. The molecular formula is C7H8NZn-. The van der Waals surface area contributed by atoms with Gasteiger partial charge in [0.25, 0.3) is 0 Å². The largest absolute Gasteiger partial charge is 0.409 e. The van der Waals surface area contributed by atoms with Crippen molar-refractivity contribution in [1.29, 1.82) is 0 Å². The predicted octanol–water partition coefficient (Wildman–Crippen LogP) is 1.53. The Morgan fingerprint density at radius 3 is 2.22 bits per heavy atom. The van der Waals surface area contributed by atoms with Crippen LogP contribution in [0.5, 0.6) is 0 Å². The second-order valence-corrected chi connectivity index (χ2v) is 1.54. The Hall–Kier alpha value is -0.357. The molecule has 0 saturated heterocycles. The molecule has 0 aliphatic heterocycles. The van der Waals surface area contributed by atoms with Crippen LogP contribution in [0.4, 0.5) is 5.69 Å². The summed E-state index contributed by atoms with van der Waals surface area (Å²) in [7, 11) is 1.90. The molecule has 0 aliphatic rings. The Morgan fingerprint density at radius 1 is 1.33 bits per heavy atom. The third kappa shape index (κ3) is 2.62. The van der Waals surface area contributed by atoms with Gasteiger partial charge in [-0.05, 0) is 0 Å². The Morgan fingerprint density at radius 2 is 1.89 bits per heavy atom. The van der Waals surface area contributed by atoms with Gasteiger partial charge < -0.3 is 5.32 Å². The summed E-state index contributed by atoms with van der Waals surface area (Å²) in [4.78, 5) is 0. The summed E-state index contributed by atoms with van der Waals surface area (Å²) in [5, 5.41) is 3.01. The van der Waals surface area contributed by atoms with Gasteiger partial charge in [0.1, 0.15) is 0 Å².